The molecule has 0 aliphatic carbocycles. The number of ether oxygens (including phenoxy) is 1. The van der Waals surface area contributed by atoms with E-state index in [9.17, 15) is 27.9 Å². The van der Waals surface area contributed by atoms with Crippen molar-refractivity contribution in [2.24, 2.45) is 0 Å². The van der Waals surface area contributed by atoms with Crippen molar-refractivity contribution in [3.05, 3.63) is 71.3 Å². The van der Waals surface area contributed by atoms with Gasteiger partial charge in [0.1, 0.15) is 11.1 Å². The summed E-state index contributed by atoms with van der Waals surface area (Å²) in [6, 6.07) is 10.2. The minimum absolute atomic E-state index is 0.00186. The number of amides is 1. The maximum absolute atomic E-state index is 13.0. The number of alkyl halides is 3. The highest BCUT2D eigenvalue weighted by Gasteiger charge is 2.39. The Morgan fingerprint density at radius 1 is 1.14 bits per heavy atom. The molecule has 10 heteroatoms. The van der Waals surface area contributed by atoms with E-state index in [0.29, 0.717) is 27.7 Å². The first-order chi connectivity index (χ1) is 16.6. The van der Waals surface area contributed by atoms with Crippen LogP contribution in [-0.2, 0) is 22.1 Å². The Morgan fingerprint density at radius 2 is 1.81 bits per heavy atom. The molecule has 0 unspecified atom stereocenters. The van der Waals surface area contributed by atoms with Crippen molar-refractivity contribution in [2.75, 3.05) is 0 Å². The fraction of sp³-hybridized carbons (Fsp3) is 0.385. The summed E-state index contributed by atoms with van der Waals surface area (Å²) in [5.41, 5.74) is -2.35. The van der Waals surface area contributed by atoms with Gasteiger partial charge in [-0.1, -0.05) is 41.6 Å². The molecular weight excluding hydrogens is 515 g/mol. The summed E-state index contributed by atoms with van der Waals surface area (Å²) in [6.07, 6.45) is -2.91. The van der Waals surface area contributed by atoms with E-state index in [4.69, 9.17) is 16.3 Å². The van der Waals surface area contributed by atoms with Gasteiger partial charge in [0.05, 0.1) is 5.56 Å². The lowest BCUT2D eigenvalue weighted by atomic mass is 9.88. The first kappa shape index (κ1) is 29.6. The lowest BCUT2D eigenvalue weighted by molar-refractivity contribution is -0.145. The minimum Gasteiger partial charge on any atom is -0.479 e. The van der Waals surface area contributed by atoms with Crippen molar-refractivity contribution < 1.29 is 32.6 Å². The number of halogens is 4. The maximum Gasteiger partial charge on any atom is 0.416 e. The van der Waals surface area contributed by atoms with Gasteiger partial charge in [-0.25, -0.2) is 9.59 Å². The first-order valence-electron chi connectivity index (χ1n) is 11.1. The molecule has 1 atom stereocenters. The Bertz CT molecular complexity index is 1100. The van der Waals surface area contributed by atoms with Gasteiger partial charge in [-0.2, -0.15) is 13.2 Å². The highest BCUT2D eigenvalue weighted by molar-refractivity contribution is 7.99. The summed E-state index contributed by atoms with van der Waals surface area (Å²) in [7, 11) is 0. The van der Waals surface area contributed by atoms with E-state index < -0.39 is 34.9 Å². The second-order valence-corrected chi connectivity index (χ2v) is 10.8. The van der Waals surface area contributed by atoms with E-state index in [-0.39, 0.29) is 12.8 Å². The zero-order chi connectivity index (χ0) is 27.1. The van der Waals surface area contributed by atoms with Crippen LogP contribution in [0.2, 0.25) is 5.02 Å². The number of hydrogen-bond acceptors (Lipinski definition) is 4. The van der Waals surface area contributed by atoms with Gasteiger partial charge in [0, 0.05) is 14.8 Å². The molecule has 0 saturated carbocycles. The van der Waals surface area contributed by atoms with E-state index in [2.05, 4.69) is 11.9 Å². The van der Waals surface area contributed by atoms with E-state index in [1.54, 1.807) is 45.0 Å². The van der Waals surface area contributed by atoms with Gasteiger partial charge in [0.15, 0.2) is 0 Å². The average molecular weight is 544 g/mol. The van der Waals surface area contributed by atoms with Crippen LogP contribution in [-0.4, -0.2) is 28.3 Å². The Labute approximate surface area is 218 Å². The molecule has 2 aromatic rings. The predicted octanol–water partition coefficient (Wildman–Crippen LogP) is 7.76. The summed E-state index contributed by atoms with van der Waals surface area (Å²) in [5.74, 6) is -1.20. The Morgan fingerprint density at radius 3 is 2.36 bits per heavy atom. The quantitative estimate of drug-likeness (QED) is 0.299. The summed E-state index contributed by atoms with van der Waals surface area (Å²) in [4.78, 5) is 25.5. The number of carbonyl (C=O) groups is 2. The summed E-state index contributed by atoms with van der Waals surface area (Å²) in [6.45, 7) is 8.65. The van der Waals surface area contributed by atoms with Crippen molar-refractivity contribution in [3.8, 4) is 0 Å². The van der Waals surface area contributed by atoms with Crippen molar-refractivity contribution in [1.82, 2.24) is 5.32 Å². The van der Waals surface area contributed by atoms with Crippen molar-refractivity contribution in [3.63, 3.8) is 0 Å². The standard InChI is InChI=1S/C26H29ClF3NO4S/c1-5-13-25(22(32)33,31-23(34)35-24(2,3)4)14-7-8-17-11-12-20(16-21(17)27)36-19-10-6-9-18(15-19)26(28,29)30/h5-6,9-12,15-16H,1,7-8,13-14H2,2-4H3,(H,31,34)(H,32,33)/t25-/m1/s1. The van der Waals surface area contributed by atoms with E-state index in [0.717, 1.165) is 29.5 Å². The van der Waals surface area contributed by atoms with Gasteiger partial charge in [-0.15, -0.1) is 6.58 Å². The molecule has 0 radical (unpaired) electrons. The van der Waals surface area contributed by atoms with Crippen LogP contribution in [0, 0.1) is 0 Å². The number of carbonyl (C=O) groups excluding carboxylic acids is 1. The predicted molar refractivity (Wildman–Crippen MR) is 135 cm³/mol. The summed E-state index contributed by atoms with van der Waals surface area (Å²) in [5, 5.41) is 12.8. The van der Waals surface area contributed by atoms with E-state index in [1.165, 1.54) is 12.1 Å². The van der Waals surface area contributed by atoms with Crippen LogP contribution in [0.15, 0.2) is 64.9 Å². The molecule has 0 heterocycles. The molecule has 0 bridgehead atoms. The van der Waals surface area contributed by atoms with Gasteiger partial charge in [-0.3, -0.25) is 0 Å². The van der Waals surface area contributed by atoms with Crippen LogP contribution >= 0.6 is 23.4 Å². The number of aliphatic carboxylic acids is 1. The topological polar surface area (TPSA) is 75.6 Å². The third-order valence-electron chi connectivity index (χ3n) is 5.11. The zero-order valence-electron chi connectivity index (χ0n) is 20.2. The van der Waals surface area contributed by atoms with E-state index >= 15 is 0 Å². The lowest BCUT2D eigenvalue weighted by Crippen LogP contribution is -2.55. The number of rotatable bonds is 10. The molecule has 2 N–H and O–H groups in total. The molecule has 0 aliphatic heterocycles. The molecule has 0 fully saturated rings. The Hall–Kier alpha value is -2.65. The number of benzene rings is 2. The molecule has 2 rings (SSSR count). The SMILES string of the molecule is C=CC[C@](CCCc1ccc(Sc2cccc(C(F)(F)F)c2)cc1Cl)(NC(=O)OC(C)(C)C)C(=O)O. The van der Waals surface area contributed by atoms with Crippen LogP contribution in [0.5, 0.6) is 0 Å². The molecule has 36 heavy (non-hydrogen) atoms. The lowest BCUT2D eigenvalue weighted by Gasteiger charge is -2.31. The monoisotopic (exact) mass is 543 g/mol. The van der Waals surface area contributed by atoms with Gasteiger partial charge in [0.25, 0.3) is 0 Å². The number of nitrogens with one attached hydrogen (secondary N) is 1. The number of aryl methyl sites for hydroxylation is 1. The molecule has 1 amide bonds. The van der Waals surface area contributed by atoms with Crippen LogP contribution in [0.3, 0.4) is 0 Å². The fourth-order valence-corrected chi connectivity index (χ4v) is 4.71. The number of alkyl carbamates (subject to hydrolysis) is 1. The number of carboxylic acids is 1. The first-order valence-corrected chi connectivity index (χ1v) is 12.3. The number of hydrogen-bond donors (Lipinski definition) is 2. The van der Waals surface area contributed by atoms with Gasteiger partial charge in [0.2, 0.25) is 0 Å². The molecule has 2 aromatic carbocycles. The Kier molecular flexibility index (Phi) is 9.91. The smallest absolute Gasteiger partial charge is 0.416 e. The molecular formula is C26H29ClF3NO4S. The third-order valence-corrected chi connectivity index (χ3v) is 6.44. The van der Waals surface area contributed by atoms with Crippen LogP contribution < -0.4 is 5.32 Å². The van der Waals surface area contributed by atoms with Crippen LogP contribution in [0.4, 0.5) is 18.0 Å². The van der Waals surface area contributed by atoms with Crippen molar-refractivity contribution in [2.45, 2.75) is 73.6 Å². The highest BCUT2D eigenvalue weighted by Crippen LogP contribution is 2.36. The van der Waals surface area contributed by atoms with Gasteiger partial charge < -0.3 is 15.2 Å². The second-order valence-electron chi connectivity index (χ2n) is 9.24. The molecule has 5 nitrogen and oxygen atoms in total. The number of carboxylic acid groups (broad SMARTS) is 1. The van der Waals surface area contributed by atoms with Crippen LogP contribution in [0.25, 0.3) is 0 Å². The second kappa shape index (κ2) is 12.1. The van der Waals surface area contributed by atoms with E-state index in [1.807, 2.05) is 0 Å². The fourth-order valence-electron chi connectivity index (χ4n) is 3.46. The molecule has 0 aliphatic rings. The van der Waals surface area contributed by atoms with Gasteiger partial charge in [-0.05, 0) is 82.3 Å². The Balaban J connectivity index is 2.09. The molecule has 196 valence electrons. The largest absolute Gasteiger partial charge is 0.479 e. The van der Waals surface area contributed by atoms with Crippen molar-refractivity contribution in [1.29, 1.82) is 0 Å². The van der Waals surface area contributed by atoms with Crippen LogP contribution in [0.1, 0.15) is 51.2 Å². The zero-order valence-corrected chi connectivity index (χ0v) is 21.8. The van der Waals surface area contributed by atoms with Crippen molar-refractivity contribution >= 4 is 35.4 Å². The third kappa shape index (κ3) is 8.78. The summed E-state index contributed by atoms with van der Waals surface area (Å²) >= 11 is 7.57. The average Bonchev–Trinajstić information content (AvgIpc) is 2.73. The molecule has 0 saturated heterocycles. The minimum atomic E-state index is -4.42. The summed E-state index contributed by atoms with van der Waals surface area (Å²) < 4.78 is 44.1. The highest BCUT2D eigenvalue weighted by atomic mass is 35.5. The maximum atomic E-state index is 13.0. The normalized spacial score (nSPS) is 13.5. The molecule has 0 aromatic heterocycles. The van der Waals surface area contributed by atoms with Gasteiger partial charge >= 0.3 is 18.2 Å². The molecule has 0 spiro atoms.